The summed E-state index contributed by atoms with van der Waals surface area (Å²) >= 11 is 0. The molecule has 0 radical (unpaired) electrons. The Balaban J connectivity index is 1.52. The van der Waals surface area contributed by atoms with Crippen molar-refractivity contribution in [3.8, 4) is 22.5 Å². The molecule has 5 rings (SSSR count). The van der Waals surface area contributed by atoms with E-state index >= 15 is 0 Å². The molecule has 1 amide bonds. The van der Waals surface area contributed by atoms with Crippen LogP contribution in [0.15, 0.2) is 91.4 Å². The van der Waals surface area contributed by atoms with Crippen molar-refractivity contribution in [2.24, 2.45) is 0 Å². The summed E-state index contributed by atoms with van der Waals surface area (Å²) < 4.78 is 1.78. The lowest BCUT2D eigenvalue weighted by Crippen LogP contribution is -2.26. The number of hydrogen-bond acceptors (Lipinski definition) is 6. The van der Waals surface area contributed by atoms with E-state index in [1.165, 1.54) is 6.20 Å². The number of pyridine rings is 1. The molecule has 0 spiro atoms. The van der Waals surface area contributed by atoms with Gasteiger partial charge in [-0.3, -0.25) is 14.6 Å². The van der Waals surface area contributed by atoms with Crippen LogP contribution in [-0.2, 0) is 11.3 Å². The zero-order chi connectivity index (χ0) is 25.6. The van der Waals surface area contributed by atoms with Gasteiger partial charge >= 0.3 is 5.97 Å². The van der Waals surface area contributed by atoms with E-state index in [9.17, 15) is 9.59 Å². The number of carbonyl (C=O) groups excluding carboxylic acids is 1. The predicted molar refractivity (Wildman–Crippen MR) is 140 cm³/mol. The molecule has 3 N–H and O–H groups in total. The molecular formula is C28H24N6O3. The van der Waals surface area contributed by atoms with Gasteiger partial charge in [0.15, 0.2) is 11.6 Å². The Labute approximate surface area is 212 Å². The molecule has 0 bridgehead atoms. The number of fused-ring (bicyclic) bond motifs is 1. The summed E-state index contributed by atoms with van der Waals surface area (Å²) in [7, 11) is 0. The lowest BCUT2D eigenvalue weighted by Gasteiger charge is -2.12. The second kappa shape index (κ2) is 10.7. The highest BCUT2D eigenvalue weighted by Crippen LogP contribution is 2.31. The number of carboxylic acids is 1. The van der Waals surface area contributed by atoms with Gasteiger partial charge in [0.2, 0.25) is 0 Å². The van der Waals surface area contributed by atoms with Crippen LogP contribution in [0.25, 0.3) is 28.0 Å². The van der Waals surface area contributed by atoms with E-state index < -0.39 is 11.9 Å². The highest BCUT2D eigenvalue weighted by atomic mass is 16.4. The van der Waals surface area contributed by atoms with Crippen LogP contribution in [0, 0.1) is 0 Å². The van der Waals surface area contributed by atoms with E-state index in [-0.39, 0.29) is 13.0 Å². The minimum absolute atomic E-state index is 0.0278. The molecule has 0 saturated heterocycles. The topological polar surface area (TPSA) is 122 Å². The average Bonchev–Trinajstić information content (AvgIpc) is 3.37. The molecule has 9 heteroatoms. The summed E-state index contributed by atoms with van der Waals surface area (Å²) in [6, 6.07) is 23.7. The summed E-state index contributed by atoms with van der Waals surface area (Å²) in [6.07, 6.45) is 4.74. The molecule has 9 nitrogen and oxygen atoms in total. The first-order valence-corrected chi connectivity index (χ1v) is 11.8. The number of carboxylic acid groups (broad SMARTS) is 1. The predicted octanol–water partition coefficient (Wildman–Crippen LogP) is 4.27. The van der Waals surface area contributed by atoms with Crippen molar-refractivity contribution in [2.45, 2.75) is 13.0 Å². The molecule has 0 aliphatic heterocycles. The maximum Gasteiger partial charge on any atom is 0.305 e. The lowest BCUT2D eigenvalue weighted by molar-refractivity contribution is -0.136. The third kappa shape index (κ3) is 5.46. The third-order valence-corrected chi connectivity index (χ3v) is 5.78. The van der Waals surface area contributed by atoms with E-state index in [0.29, 0.717) is 29.3 Å². The van der Waals surface area contributed by atoms with Crippen molar-refractivity contribution in [3.05, 3.63) is 103 Å². The van der Waals surface area contributed by atoms with Gasteiger partial charge in [-0.1, -0.05) is 60.7 Å². The monoisotopic (exact) mass is 492 g/mol. The largest absolute Gasteiger partial charge is 0.481 e. The summed E-state index contributed by atoms with van der Waals surface area (Å²) in [6.45, 7) is 0.594. The van der Waals surface area contributed by atoms with Crippen molar-refractivity contribution < 1.29 is 14.7 Å². The summed E-state index contributed by atoms with van der Waals surface area (Å²) in [4.78, 5) is 32.3. The maximum atomic E-state index is 12.5. The second-order valence-corrected chi connectivity index (χ2v) is 8.37. The Morgan fingerprint density at radius 1 is 0.919 bits per heavy atom. The van der Waals surface area contributed by atoms with Crippen molar-refractivity contribution in [1.82, 2.24) is 24.9 Å². The van der Waals surface area contributed by atoms with Crippen molar-refractivity contribution in [1.29, 1.82) is 0 Å². The van der Waals surface area contributed by atoms with Crippen LogP contribution >= 0.6 is 0 Å². The van der Waals surface area contributed by atoms with Gasteiger partial charge in [0.1, 0.15) is 5.52 Å². The zero-order valence-electron chi connectivity index (χ0n) is 19.8. The van der Waals surface area contributed by atoms with Crippen molar-refractivity contribution in [2.75, 3.05) is 11.9 Å². The Morgan fingerprint density at radius 3 is 2.43 bits per heavy atom. The van der Waals surface area contributed by atoms with Crippen LogP contribution in [0.2, 0.25) is 0 Å². The summed E-state index contributed by atoms with van der Waals surface area (Å²) in [5, 5.41) is 19.6. The first-order chi connectivity index (χ1) is 18.1. The maximum absolute atomic E-state index is 12.5. The SMILES string of the molecule is O=C(O)CCNC(=O)c1cncc(-c2nc(NCc3ccccc3)c3c(-c4ccccc4)ccn3n2)c1. The number of rotatable bonds is 9. The van der Waals surface area contributed by atoms with Gasteiger partial charge in [-0.25, -0.2) is 9.50 Å². The quantitative estimate of drug-likeness (QED) is 0.281. The Hall–Kier alpha value is -5.05. The van der Waals surface area contributed by atoms with Gasteiger partial charge in [-0.2, -0.15) is 0 Å². The molecule has 0 atom stereocenters. The Kier molecular flexibility index (Phi) is 6.84. The van der Waals surface area contributed by atoms with Gasteiger partial charge in [0.05, 0.1) is 12.0 Å². The minimum Gasteiger partial charge on any atom is -0.481 e. The fourth-order valence-electron chi connectivity index (χ4n) is 3.97. The third-order valence-electron chi connectivity index (χ3n) is 5.78. The number of aliphatic carboxylic acids is 1. The number of nitrogens with one attached hydrogen (secondary N) is 2. The number of aromatic nitrogens is 4. The van der Waals surface area contributed by atoms with Crippen LogP contribution in [-0.4, -0.2) is 43.1 Å². The molecule has 37 heavy (non-hydrogen) atoms. The fourth-order valence-corrected chi connectivity index (χ4v) is 3.97. The molecule has 2 aromatic carbocycles. The molecule has 0 aliphatic rings. The normalized spacial score (nSPS) is 10.8. The van der Waals surface area contributed by atoms with Crippen molar-refractivity contribution >= 4 is 23.2 Å². The first-order valence-electron chi connectivity index (χ1n) is 11.8. The van der Waals surface area contributed by atoms with Gasteiger partial charge in [-0.05, 0) is 23.3 Å². The number of benzene rings is 2. The van der Waals surface area contributed by atoms with E-state index in [4.69, 9.17) is 15.2 Å². The Morgan fingerprint density at radius 2 is 1.68 bits per heavy atom. The number of amides is 1. The van der Waals surface area contributed by atoms with Gasteiger partial charge in [0, 0.05) is 42.8 Å². The van der Waals surface area contributed by atoms with E-state index in [1.807, 2.05) is 72.9 Å². The molecule has 0 saturated carbocycles. The second-order valence-electron chi connectivity index (χ2n) is 8.37. The lowest BCUT2D eigenvalue weighted by atomic mass is 10.1. The molecule has 184 valence electrons. The summed E-state index contributed by atoms with van der Waals surface area (Å²) in [5.41, 5.74) is 4.84. The van der Waals surface area contributed by atoms with Gasteiger partial charge in [0.25, 0.3) is 5.91 Å². The molecule has 0 fully saturated rings. The molecule has 3 heterocycles. The smallest absolute Gasteiger partial charge is 0.305 e. The number of hydrogen-bond donors (Lipinski definition) is 3. The molecule has 0 aliphatic carbocycles. The van der Waals surface area contributed by atoms with E-state index in [2.05, 4.69) is 15.6 Å². The van der Waals surface area contributed by atoms with Crippen LogP contribution in [0.1, 0.15) is 22.3 Å². The standard InChI is InChI=1S/C28H24N6O3/c35-24(36)11-13-30-28(37)22-15-21(17-29-18-22)26-32-27(31-16-19-7-3-1-4-8-19)25-23(12-14-34(25)33-26)20-9-5-2-6-10-20/h1-10,12,14-15,17-18H,11,13,16H2,(H,30,37)(H,35,36)(H,31,32,33). The number of anilines is 1. The summed E-state index contributed by atoms with van der Waals surface area (Å²) in [5.74, 6) is -0.350. The van der Waals surface area contributed by atoms with Crippen LogP contribution in [0.4, 0.5) is 5.82 Å². The molecule has 5 aromatic rings. The number of nitrogens with zero attached hydrogens (tertiary/aromatic N) is 4. The Bertz CT molecular complexity index is 1550. The van der Waals surface area contributed by atoms with E-state index in [0.717, 1.165) is 22.2 Å². The first kappa shape index (κ1) is 23.7. The average molecular weight is 493 g/mol. The van der Waals surface area contributed by atoms with Gasteiger partial charge in [-0.15, -0.1) is 5.10 Å². The van der Waals surface area contributed by atoms with Gasteiger partial charge < -0.3 is 15.7 Å². The van der Waals surface area contributed by atoms with Crippen LogP contribution in [0.3, 0.4) is 0 Å². The fraction of sp³-hybridized carbons (Fsp3) is 0.107. The van der Waals surface area contributed by atoms with Crippen LogP contribution in [0.5, 0.6) is 0 Å². The zero-order valence-corrected chi connectivity index (χ0v) is 19.8. The highest BCUT2D eigenvalue weighted by Gasteiger charge is 2.16. The highest BCUT2D eigenvalue weighted by molar-refractivity contribution is 5.95. The number of carbonyl (C=O) groups is 2. The molecular weight excluding hydrogens is 468 g/mol. The van der Waals surface area contributed by atoms with Crippen molar-refractivity contribution in [3.63, 3.8) is 0 Å². The molecule has 3 aromatic heterocycles. The minimum atomic E-state index is -0.981. The van der Waals surface area contributed by atoms with Crippen LogP contribution < -0.4 is 10.6 Å². The molecule has 0 unspecified atom stereocenters. The van der Waals surface area contributed by atoms with E-state index in [1.54, 1.807) is 16.8 Å².